The summed E-state index contributed by atoms with van der Waals surface area (Å²) in [5, 5.41) is 0. The summed E-state index contributed by atoms with van der Waals surface area (Å²) in [7, 11) is -8.46. The Kier molecular flexibility index (Phi) is 5.73. The van der Waals surface area contributed by atoms with Gasteiger partial charge in [-0.05, 0) is 44.2 Å². The van der Waals surface area contributed by atoms with E-state index in [4.69, 9.17) is 4.74 Å². The summed E-state index contributed by atoms with van der Waals surface area (Å²) in [5.41, 5.74) is -0.186. The van der Waals surface area contributed by atoms with Crippen LogP contribution in [0.25, 0.3) is 0 Å². The van der Waals surface area contributed by atoms with Gasteiger partial charge in [0.1, 0.15) is 6.17 Å². The van der Waals surface area contributed by atoms with Gasteiger partial charge in [-0.2, -0.15) is 4.31 Å². The molecule has 3 aromatic carbocycles. The van der Waals surface area contributed by atoms with Gasteiger partial charge < -0.3 is 4.74 Å². The van der Waals surface area contributed by atoms with Gasteiger partial charge in [0, 0.05) is 11.5 Å². The largest absolute Gasteiger partial charge is 0.464 e. The van der Waals surface area contributed by atoms with Crippen molar-refractivity contribution in [2.45, 2.75) is 42.3 Å². The van der Waals surface area contributed by atoms with E-state index in [1.807, 2.05) is 6.92 Å². The van der Waals surface area contributed by atoms with Crippen LogP contribution in [0.1, 0.15) is 25.0 Å². The quantitative estimate of drug-likeness (QED) is 0.455. The lowest BCUT2D eigenvalue weighted by Crippen LogP contribution is -2.77. The first-order valence-electron chi connectivity index (χ1n) is 11.6. The van der Waals surface area contributed by atoms with Crippen LogP contribution in [0.15, 0.2) is 88.7 Å². The Morgan fingerprint density at radius 3 is 2.25 bits per heavy atom. The molecule has 8 nitrogen and oxygen atoms in total. The number of rotatable bonds is 6. The van der Waals surface area contributed by atoms with Crippen molar-refractivity contribution in [2.75, 3.05) is 10.9 Å². The Hall–Kier alpha value is -3.21. The molecule has 1 fully saturated rings. The Morgan fingerprint density at radius 2 is 1.61 bits per heavy atom. The molecule has 36 heavy (non-hydrogen) atoms. The smallest absolute Gasteiger partial charge is 0.332 e. The van der Waals surface area contributed by atoms with Crippen molar-refractivity contribution in [2.24, 2.45) is 5.92 Å². The highest BCUT2D eigenvalue weighted by molar-refractivity contribution is 7.93. The number of anilines is 1. The first kappa shape index (κ1) is 24.5. The topological polar surface area (TPSA) is 101 Å². The van der Waals surface area contributed by atoms with Crippen molar-refractivity contribution in [3.63, 3.8) is 0 Å². The summed E-state index contributed by atoms with van der Waals surface area (Å²) in [6.45, 7) is 5.24. The van der Waals surface area contributed by atoms with Gasteiger partial charge in [-0.1, -0.05) is 61.0 Å². The standard InChI is InChI=1S/C26H26N2O6S2/c1-4-34-25(29)26-19(3)24(28(26)36(32,33)23-13-9-8-12-22(23)26)27(20-10-6-5-7-11-20)35(30,31)21-16-14-18(2)15-17-21/h5-17,19,24H,4H2,1-3H3/t19-,24-,26-/m0/s1. The van der Waals surface area contributed by atoms with Gasteiger partial charge in [-0.3, -0.25) is 0 Å². The molecule has 0 bridgehead atoms. The fourth-order valence-electron chi connectivity index (χ4n) is 5.31. The van der Waals surface area contributed by atoms with Crippen molar-refractivity contribution in [1.82, 2.24) is 4.31 Å². The second kappa shape index (κ2) is 8.43. The van der Waals surface area contributed by atoms with Gasteiger partial charge in [0.15, 0.2) is 5.54 Å². The number of aryl methyl sites for hydroxylation is 1. The third-order valence-electron chi connectivity index (χ3n) is 6.94. The predicted octanol–water partition coefficient (Wildman–Crippen LogP) is 3.63. The van der Waals surface area contributed by atoms with Crippen LogP contribution < -0.4 is 4.31 Å². The summed E-state index contributed by atoms with van der Waals surface area (Å²) in [6.07, 6.45) is -1.19. The van der Waals surface area contributed by atoms with Crippen LogP contribution in [0, 0.1) is 12.8 Å². The lowest BCUT2D eigenvalue weighted by molar-refractivity contribution is -0.175. The van der Waals surface area contributed by atoms with E-state index in [0.717, 1.165) is 14.2 Å². The molecule has 2 aliphatic rings. The summed E-state index contributed by atoms with van der Waals surface area (Å²) in [5.74, 6) is -1.47. The fourth-order valence-corrected chi connectivity index (χ4v) is 9.28. The molecule has 0 radical (unpaired) electrons. The maximum atomic E-state index is 14.1. The van der Waals surface area contributed by atoms with Crippen LogP contribution in [0.4, 0.5) is 5.69 Å². The highest BCUT2D eigenvalue weighted by Crippen LogP contribution is 2.61. The predicted molar refractivity (Wildman–Crippen MR) is 134 cm³/mol. The molecule has 0 saturated carbocycles. The van der Waals surface area contributed by atoms with Crippen molar-refractivity contribution in [3.05, 3.63) is 90.0 Å². The molecule has 0 unspecified atom stereocenters. The summed E-state index contributed by atoms with van der Waals surface area (Å²) >= 11 is 0. The van der Waals surface area contributed by atoms with Crippen LogP contribution in [0.3, 0.4) is 0 Å². The molecule has 3 atom stereocenters. The summed E-state index contributed by atoms with van der Waals surface area (Å²) < 4.78 is 63.4. The number of hydrogen-bond acceptors (Lipinski definition) is 6. The van der Waals surface area contributed by atoms with Crippen LogP contribution in [-0.2, 0) is 35.1 Å². The van der Waals surface area contributed by atoms with Gasteiger partial charge in [0.05, 0.1) is 22.1 Å². The number of sulfonamides is 2. The second-order valence-corrected chi connectivity index (χ2v) is 12.5. The van der Waals surface area contributed by atoms with Crippen LogP contribution in [-0.4, -0.2) is 39.9 Å². The number of benzene rings is 3. The van der Waals surface area contributed by atoms with E-state index in [9.17, 15) is 21.6 Å². The monoisotopic (exact) mass is 526 g/mol. The van der Waals surface area contributed by atoms with E-state index in [2.05, 4.69) is 0 Å². The third-order valence-corrected chi connectivity index (χ3v) is 10.7. The van der Waals surface area contributed by atoms with Crippen LogP contribution >= 0.6 is 0 Å². The molecule has 2 heterocycles. The SMILES string of the molecule is CCOC(=O)[C@]12c3ccccc3S(=O)(=O)N1[C@H](N(c1ccccc1)S(=O)(=O)c1ccc(C)cc1)[C@@H]2C. The zero-order valence-electron chi connectivity index (χ0n) is 20.0. The fraction of sp³-hybridized carbons (Fsp3) is 0.269. The zero-order chi connectivity index (χ0) is 25.9. The Morgan fingerprint density at radius 1 is 1.00 bits per heavy atom. The molecule has 10 heteroatoms. The summed E-state index contributed by atoms with van der Waals surface area (Å²) in [4.78, 5) is 13.5. The minimum Gasteiger partial charge on any atom is -0.464 e. The molecular formula is C26H26N2O6S2. The molecule has 3 aromatic rings. The lowest BCUT2D eigenvalue weighted by atomic mass is 9.70. The number of fused-ring (bicyclic) bond motifs is 3. The lowest BCUT2D eigenvalue weighted by Gasteiger charge is -2.58. The van der Waals surface area contributed by atoms with E-state index in [1.54, 1.807) is 74.5 Å². The van der Waals surface area contributed by atoms with Gasteiger partial charge in [0.25, 0.3) is 10.0 Å². The average molecular weight is 527 g/mol. The highest BCUT2D eigenvalue weighted by Gasteiger charge is 2.76. The molecule has 0 spiro atoms. The van der Waals surface area contributed by atoms with Crippen LogP contribution in [0.2, 0.25) is 0 Å². The van der Waals surface area contributed by atoms with Gasteiger partial charge in [-0.25, -0.2) is 25.9 Å². The molecule has 0 aliphatic carbocycles. The molecule has 0 aromatic heterocycles. The van der Waals surface area contributed by atoms with Crippen LogP contribution in [0.5, 0.6) is 0 Å². The van der Waals surface area contributed by atoms with Gasteiger partial charge >= 0.3 is 5.97 Å². The molecule has 2 aliphatic heterocycles. The number of para-hydroxylation sites is 1. The van der Waals surface area contributed by atoms with E-state index in [0.29, 0.717) is 11.3 Å². The molecular weight excluding hydrogens is 500 g/mol. The Balaban J connectivity index is 1.75. The zero-order valence-corrected chi connectivity index (χ0v) is 21.7. The molecule has 5 rings (SSSR count). The van der Waals surface area contributed by atoms with E-state index in [-0.39, 0.29) is 16.4 Å². The van der Waals surface area contributed by atoms with E-state index in [1.165, 1.54) is 18.2 Å². The van der Waals surface area contributed by atoms with Crippen molar-refractivity contribution in [3.8, 4) is 0 Å². The second-order valence-electron chi connectivity index (χ2n) is 8.94. The number of esters is 1. The Labute approximate surface area is 211 Å². The number of carbonyl (C=O) groups excluding carboxylic acids is 1. The summed E-state index contributed by atoms with van der Waals surface area (Å²) in [6, 6.07) is 21.0. The van der Waals surface area contributed by atoms with Crippen molar-refractivity contribution in [1.29, 1.82) is 0 Å². The highest BCUT2D eigenvalue weighted by atomic mass is 32.2. The number of carbonyl (C=O) groups is 1. The minimum atomic E-state index is -4.23. The van der Waals surface area contributed by atoms with Crippen molar-refractivity contribution >= 4 is 31.7 Å². The maximum Gasteiger partial charge on any atom is 0.332 e. The third kappa shape index (κ3) is 3.17. The van der Waals surface area contributed by atoms with E-state index < -0.39 is 43.6 Å². The van der Waals surface area contributed by atoms with E-state index >= 15 is 0 Å². The molecule has 1 saturated heterocycles. The molecule has 0 N–H and O–H groups in total. The maximum absolute atomic E-state index is 14.1. The normalized spacial score (nSPS) is 24.3. The minimum absolute atomic E-state index is 0.0202. The van der Waals surface area contributed by atoms with Gasteiger partial charge in [0.2, 0.25) is 10.0 Å². The molecule has 188 valence electrons. The Bertz CT molecular complexity index is 1540. The number of hydrogen-bond donors (Lipinski definition) is 0. The first-order valence-corrected chi connectivity index (χ1v) is 14.4. The van der Waals surface area contributed by atoms with Crippen molar-refractivity contribution < 1.29 is 26.4 Å². The first-order chi connectivity index (χ1) is 17.1. The van der Waals surface area contributed by atoms with Gasteiger partial charge in [-0.15, -0.1) is 0 Å². The number of ether oxygens (including phenoxy) is 1. The number of nitrogens with zero attached hydrogens (tertiary/aromatic N) is 2. The average Bonchev–Trinajstić information content (AvgIpc) is 3.04. The molecule has 0 amide bonds.